The van der Waals surface area contributed by atoms with E-state index >= 15 is 0 Å². The molecule has 2 nitrogen and oxygen atoms in total. The lowest BCUT2D eigenvalue weighted by molar-refractivity contribution is 0.783. The molecule has 2 aromatic rings. The van der Waals surface area contributed by atoms with Crippen molar-refractivity contribution in [2.24, 2.45) is 7.05 Å². The summed E-state index contributed by atoms with van der Waals surface area (Å²) in [5.74, 6) is 0. The quantitative estimate of drug-likeness (QED) is 0.673. The molecule has 0 aliphatic rings. The van der Waals surface area contributed by atoms with Gasteiger partial charge in [0.15, 0.2) is 0 Å². The van der Waals surface area contributed by atoms with Crippen LogP contribution in [0.1, 0.15) is 5.69 Å². The maximum atomic E-state index is 4.34. The third kappa shape index (κ3) is 0.966. The van der Waals surface area contributed by atoms with Gasteiger partial charge in [-0.2, -0.15) is 5.10 Å². The van der Waals surface area contributed by atoms with E-state index in [0.717, 1.165) is 10.2 Å². The van der Waals surface area contributed by atoms with Crippen LogP contribution in [0.5, 0.6) is 0 Å². The maximum Gasteiger partial charge on any atom is 0.0693 e. The zero-order valence-electron chi connectivity index (χ0n) is 7.00. The van der Waals surface area contributed by atoms with Gasteiger partial charge in [0.05, 0.1) is 11.2 Å². The summed E-state index contributed by atoms with van der Waals surface area (Å²) < 4.78 is 3.01. The van der Waals surface area contributed by atoms with Crippen molar-refractivity contribution in [2.75, 3.05) is 0 Å². The molecule has 0 N–H and O–H groups in total. The van der Waals surface area contributed by atoms with E-state index in [2.05, 4.69) is 27.1 Å². The number of aromatic nitrogens is 2. The minimum absolute atomic E-state index is 1.07. The molecule has 62 valence electrons. The van der Waals surface area contributed by atoms with Gasteiger partial charge >= 0.3 is 0 Å². The van der Waals surface area contributed by atoms with Gasteiger partial charge < -0.3 is 0 Å². The predicted molar refractivity (Wildman–Crippen MR) is 53.2 cm³/mol. The normalized spacial score (nSPS) is 10.9. The van der Waals surface area contributed by atoms with E-state index in [1.165, 1.54) is 10.9 Å². The Kier molecular flexibility index (Phi) is 1.68. The Bertz CT molecular complexity index is 431. The van der Waals surface area contributed by atoms with E-state index in [0.29, 0.717) is 0 Å². The lowest BCUT2D eigenvalue weighted by Gasteiger charge is -1.94. The molecule has 1 aromatic carbocycles. The van der Waals surface area contributed by atoms with Crippen LogP contribution in [0.2, 0.25) is 0 Å². The highest BCUT2D eigenvalue weighted by atomic mass is 79.9. The molecule has 2 rings (SSSR count). The Morgan fingerprint density at radius 2 is 2.17 bits per heavy atom. The van der Waals surface area contributed by atoms with Gasteiger partial charge in [0.25, 0.3) is 0 Å². The van der Waals surface area contributed by atoms with E-state index < -0.39 is 0 Å². The highest BCUT2D eigenvalue weighted by Gasteiger charge is 2.06. The average Bonchev–Trinajstić information content (AvgIpc) is 2.29. The van der Waals surface area contributed by atoms with Crippen LogP contribution in [-0.2, 0) is 7.05 Å². The van der Waals surface area contributed by atoms with Crippen molar-refractivity contribution < 1.29 is 0 Å². The highest BCUT2D eigenvalue weighted by Crippen LogP contribution is 2.25. The SMILES string of the molecule is Cc1nn(C)c2cccc(Br)c12. The third-order valence-electron chi connectivity index (χ3n) is 2.00. The number of hydrogen-bond acceptors (Lipinski definition) is 1. The van der Waals surface area contributed by atoms with E-state index in [1.807, 2.05) is 30.8 Å². The molecule has 1 aromatic heterocycles. The van der Waals surface area contributed by atoms with Crippen molar-refractivity contribution in [3.63, 3.8) is 0 Å². The first kappa shape index (κ1) is 7.80. The number of rotatable bonds is 0. The molecule has 0 unspecified atom stereocenters. The lowest BCUT2D eigenvalue weighted by atomic mass is 10.2. The lowest BCUT2D eigenvalue weighted by Crippen LogP contribution is -1.88. The zero-order chi connectivity index (χ0) is 8.72. The second-order valence-electron chi connectivity index (χ2n) is 2.84. The summed E-state index contributed by atoms with van der Waals surface area (Å²) in [6, 6.07) is 6.13. The first-order chi connectivity index (χ1) is 5.70. The van der Waals surface area contributed by atoms with Crippen LogP contribution in [0.25, 0.3) is 10.9 Å². The van der Waals surface area contributed by atoms with Gasteiger partial charge in [-0.25, -0.2) is 0 Å². The topological polar surface area (TPSA) is 17.8 Å². The standard InChI is InChI=1S/C9H9BrN2/c1-6-9-7(10)4-3-5-8(9)12(2)11-6/h3-5H,1-2H3. The molecule has 0 bridgehead atoms. The van der Waals surface area contributed by atoms with Crippen molar-refractivity contribution in [1.29, 1.82) is 0 Å². The van der Waals surface area contributed by atoms with Gasteiger partial charge in [-0.1, -0.05) is 22.0 Å². The Hall–Kier alpha value is -0.830. The van der Waals surface area contributed by atoms with Gasteiger partial charge in [0, 0.05) is 16.9 Å². The van der Waals surface area contributed by atoms with E-state index in [4.69, 9.17) is 0 Å². The van der Waals surface area contributed by atoms with Gasteiger partial charge in [0.2, 0.25) is 0 Å². The molecular formula is C9H9BrN2. The fraction of sp³-hybridized carbons (Fsp3) is 0.222. The fourth-order valence-corrected chi connectivity index (χ4v) is 2.11. The second kappa shape index (κ2) is 2.59. The number of halogens is 1. The molecule has 0 spiro atoms. The molecule has 0 atom stereocenters. The Labute approximate surface area is 79.3 Å². The van der Waals surface area contributed by atoms with Crippen molar-refractivity contribution in [3.05, 3.63) is 28.4 Å². The number of fused-ring (bicyclic) bond motifs is 1. The monoisotopic (exact) mass is 224 g/mol. The van der Waals surface area contributed by atoms with Crippen molar-refractivity contribution in [2.45, 2.75) is 6.92 Å². The molecule has 0 aliphatic heterocycles. The van der Waals surface area contributed by atoms with Crippen LogP contribution in [-0.4, -0.2) is 9.78 Å². The molecule has 0 saturated heterocycles. The molecule has 12 heavy (non-hydrogen) atoms. The zero-order valence-corrected chi connectivity index (χ0v) is 8.59. The van der Waals surface area contributed by atoms with Crippen molar-refractivity contribution in [3.8, 4) is 0 Å². The molecule has 0 fully saturated rings. The molecular weight excluding hydrogens is 216 g/mol. The minimum atomic E-state index is 1.07. The van der Waals surface area contributed by atoms with Crippen LogP contribution < -0.4 is 0 Å². The van der Waals surface area contributed by atoms with Crippen LogP contribution in [0.3, 0.4) is 0 Å². The second-order valence-corrected chi connectivity index (χ2v) is 3.70. The summed E-state index contributed by atoms with van der Waals surface area (Å²) in [6.07, 6.45) is 0. The van der Waals surface area contributed by atoms with Crippen LogP contribution in [0.4, 0.5) is 0 Å². The minimum Gasteiger partial charge on any atom is -0.268 e. The molecule has 3 heteroatoms. The van der Waals surface area contributed by atoms with E-state index in [-0.39, 0.29) is 0 Å². The molecule has 0 aliphatic carbocycles. The number of nitrogens with zero attached hydrogens (tertiary/aromatic N) is 2. The maximum absolute atomic E-state index is 4.34. The fourth-order valence-electron chi connectivity index (χ4n) is 1.47. The summed E-state index contributed by atoms with van der Waals surface area (Å²) in [5.41, 5.74) is 2.24. The largest absolute Gasteiger partial charge is 0.268 e. The summed E-state index contributed by atoms with van der Waals surface area (Å²) in [4.78, 5) is 0. The van der Waals surface area contributed by atoms with Gasteiger partial charge in [-0.3, -0.25) is 4.68 Å². The molecule has 1 heterocycles. The average molecular weight is 225 g/mol. The Morgan fingerprint density at radius 3 is 2.83 bits per heavy atom. The van der Waals surface area contributed by atoms with Gasteiger partial charge in [0.1, 0.15) is 0 Å². The summed E-state index contributed by atoms with van der Waals surface area (Å²) >= 11 is 3.51. The summed E-state index contributed by atoms with van der Waals surface area (Å²) in [7, 11) is 1.96. The molecule has 0 radical (unpaired) electrons. The number of benzene rings is 1. The predicted octanol–water partition coefficient (Wildman–Crippen LogP) is 2.64. The van der Waals surface area contributed by atoms with Crippen LogP contribution >= 0.6 is 15.9 Å². The third-order valence-corrected chi connectivity index (χ3v) is 2.66. The first-order valence-electron chi connectivity index (χ1n) is 3.78. The van der Waals surface area contributed by atoms with Crippen LogP contribution in [0, 0.1) is 6.92 Å². The van der Waals surface area contributed by atoms with Gasteiger partial charge in [-0.05, 0) is 19.1 Å². The summed E-state index contributed by atoms with van der Waals surface area (Å²) in [5, 5.41) is 5.55. The molecule has 0 saturated carbocycles. The molecule has 0 amide bonds. The van der Waals surface area contributed by atoms with Crippen molar-refractivity contribution in [1.82, 2.24) is 9.78 Å². The van der Waals surface area contributed by atoms with E-state index in [9.17, 15) is 0 Å². The first-order valence-corrected chi connectivity index (χ1v) is 4.57. The Balaban J connectivity index is 2.99. The number of aryl methyl sites for hydroxylation is 2. The van der Waals surface area contributed by atoms with E-state index in [1.54, 1.807) is 0 Å². The highest BCUT2D eigenvalue weighted by molar-refractivity contribution is 9.10. The summed E-state index contributed by atoms with van der Waals surface area (Å²) in [6.45, 7) is 2.02. The number of hydrogen-bond donors (Lipinski definition) is 0. The van der Waals surface area contributed by atoms with Crippen molar-refractivity contribution >= 4 is 26.8 Å². The smallest absolute Gasteiger partial charge is 0.0693 e. The van der Waals surface area contributed by atoms with Gasteiger partial charge in [-0.15, -0.1) is 0 Å². The van der Waals surface area contributed by atoms with Crippen LogP contribution in [0.15, 0.2) is 22.7 Å². The Morgan fingerprint density at radius 1 is 1.42 bits per heavy atom.